The lowest BCUT2D eigenvalue weighted by Crippen LogP contribution is -2.15. The van der Waals surface area contributed by atoms with E-state index in [1.165, 1.54) is 5.56 Å². The summed E-state index contributed by atoms with van der Waals surface area (Å²) >= 11 is 0. The highest BCUT2D eigenvalue weighted by atomic mass is 14.9. The lowest BCUT2D eigenvalue weighted by Gasteiger charge is -2.04. The molecular formula is C13H16N4. The van der Waals surface area contributed by atoms with Crippen molar-refractivity contribution < 1.29 is 0 Å². The number of hydrogen-bond donors (Lipinski definition) is 1. The Hall–Kier alpha value is -1.81. The maximum absolute atomic E-state index is 4.33. The SMILES string of the molecule is Cc1ccc(CNCc2ccnc(C)n2)nc1. The Morgan fingerprint density at radius 1 is 1.00 bits per heavy atom. The molecule has 0 fully saturated rings. The van der Waals surface area contributed by atoms with Crippen molar-refractivity contribution in [3.05, 3.63) is 53.4 Å². The predicted octanol–water partition coefficient (Wildman–Crippen LogP) is 1.78. The molecule has 1 N–H and O–H groups in total. The van der Waals surface area contributed by atoms with Gasteiger partial charge in [0.2, 0.25) is 0 Å². The minimum atomic E-state index is 0.735. The van der Waals surface area contributed by atoms with Gasteiger partial charge in [-0.25, -0.2) is 9.97 Å². The molecule has 2 aromatic heterocycles. The Kier molecular flexibility index (Phi) is 3.77. The van der Waals surface area contributed by atoms with E-state index in [4.69, 9.17) is 0 Å². The highest BCUT2D eigenvalue weighted by molar-refractivity contribution is 5.12. The van der Waals surface area contributed by atoms with Crippen molar-refractivity contribution in [2.24, 2.45) is 0 Å². The van der Waals surface area contributed by atoms with Crippen molar-refractivity contribution in [1.29, 1.82) is 0 Å². The third kappa shape index (κ3) is 3.60. The molecule has 17 heavy (non-hydrogen) atoms. The van der Waals surface area contributed by atoms with E-state index in [1.807, 2.05) is 32.2 Å². The fourth-order valence-electron chi connectivity index (χ4n) is 1.53. The first-order chi connectivity index (χ1) is 8.24. The Bertz CT molecular complexity index is 479. The molecule has 0 spiro atoms. The van der Waals surface area contributed by atoms with Crippen LogP contribution in [0, 0.1) is 13.8 Å². The van der Waals surface area contributed by atoms with Gasteiger partial charge in [0.1, 0.15) is 5.82 Å². The zero-order valence-electron chi connectivity index (χ0n) is 10.1. The van der Waals surface area contributed by atoms with E-state index < -0.39 is 0 Å². The monoisotopic (exact) mass is 228 g/mol. The van der Waals surface area contributed by atoms with Crippen LogP contribution < -0.4 is 5.32 Å². The highest BCUT2D eigenvalue weighted by Crippen LogP contribution is 1.99. The Morgan fingerprint density at radius 3 is 2.53 bits per heavy atom. The van der Waals surface area contributed by atoms with Crippen LogP contribution in [0.3, 0.4) is 0 Å². The molecule has 2 rings (SSSR count). The Labute approximate surface area is 101 Å². The smallest absolute Gasteiger partial charge is 0.125 e. The number of hydrogen-bond acceptors (Lipinski definition) is 4. The van der Waals surface area contributed by atoms with Gasteiger partial charge >= 0.3 is 0 Å². The van der Waals surface area contributed by atoms with Gasteiger partial charge in [0.05, 0.1) is 11.4 Å². The molecule has 4 nitrogen and oxygen atoms in total. The van der Waals surface area contributed by atoms with Crippen LogP contribution in [-0.2, 0) is 13.1 Å². The van der Waals surface area contributed by atoms with Gasteiger partial charge < -0.3 is 5.32 Å². The standard InChI is InChI=1S/C13H16N4/c1-10-3-4-12(16-7-10)8-14-9-13-5-6-15-11(2)17-13/h3-7,14H,8-9H2,1-2H3. The quantitative estimate of drug-likeness (QED) is 0.866. The van der Waals surface area contributed by atoms with E-state index in [0.717, 1.165) is 30.3 Å². The van der Waals surface area contributed by atoms with Crippen LogP contribution in [0.5, 0.6) is 0 Å². The van der Waals surface area contributed by atoms with Gasteiger partial charge in [-0.3, -0.25) is 4.98 Å². The zero-order chi connectivity index (χ0) is 12.1. The third-order valence-electron chi connectivity index (χ3n) is 2.42. The Morgan fingerprint density at radius 2 is 1.82 bits per heavy atom. The summed E-state index contributed by atoms with van der Waals surface area (Å²) in [5, 5.41) is 3.31. The molecule has 0 radical (unpaired) electrons. The molecule has 0 bridgehead atoms. The molecule has 88 valence electrons. The summed E-state index contributed by atoms with van der Waals surface area (Å²) in [5.74, 6) is 0.803. The first-order valence-corrected chi connectivity index (χ1v) is 5.65. The summed E-state index contributed by atoms with van der Waals surface area (Å²) in [4.78, 5) is 12.7. The average molecular weight is 228 g/mol. The van der Waals surface area contributed by atoms with E-state index in [0.29, 0.717) is 0 Å². The van der Waals surface area contributed by atoms with Gasteiger partial charge in [-0.1, -0.05) is 6.07 Å². The molecular weight excluding hydrogens is 212 g/mol. The summed E-state index contributed by atoms with van der Waals surface area (Å²) in [6.45, 7) is 5.42. The summed E-state index contributed by atoms with van der Waals surface area (Å²) in [7, 11) is 0. The van der Waals surface area contributed by atoms with Crippen molar-refractivity contribution in [2.45, 2.75) is 26.9 Å². The summed E-state index contributed by atoms with van der Waals surface area (Å²) in [5.41, 5.74) is 3.23. The van der Waals surface area contributed by atoms with Crippen molar-refractivity contribution in [2.75, 3.05) is 0 Å². The van der Waals surface area contributed by atoms with Crippen LogP contribution in [0.25, 0.3) is 0 Å². The second-order valence-electron chi connectivity index (χ2n) is 4.03. The molecule has 0 aromatic carbocycles. The minimum absolute atomic E-state index is 0.735. The van der Waals surface area contributed by atoms with Crippen molar-refractivity contribution in [1.82, 2.24) is 20.3 Å². The number of rotatable bonds is 4. The van der Waals surface area contributed by atoms with Gasteiger partial charge in [-0.15, -0.1) is 0 Å². The van der Waals surface area contributed by atoms with Crippen LogP contribution in [0.2, 0.25) is 0 Å². The molecule has 2 heterocycles. The van der Waals surface area contributed by atoms with E-state index in [9.17, 15) is 0 Å². The van der Waals surface area contributed by atoms with Gasteiger partial charge in [-0.2, -0.15) is 0 Å². The maximum Gasteiger partial charge on any atom is 0.125 e. The van der Waals surface area contributed by atoms with Crippen LogP contribution in [0.15, 0.2) is 30.6 Å². The number of aromatic nitrogens is 3. The molecule has 0 unspecified atom stereocenters. The molecule has 0 saturated heterocycles. The first-order valence-electron chi connectivity index (χ1n) is 5.65. The average Bonchev–Trinajstić information content (AvgIpc) is 2.32. The van der Waals surface area contributed by atoms with Crippen molar-refractivity contribution in [3.63, 3.8) is 0 Å². The lowest BCUT2D eigenvalue weighted by atomic mass is 10.3. The van der Waals surface area contributed by atoms with Crippen LogP contribution >= 0.6 is 0 Å². The fourth-order valence-corrected chi connectivity index (χ4v) is 1.53. The second kappa shape index (κ2) is 5.50. The molecule has 0 amide bonds. The van der Waals surface area contributed by atoms with Gasteiger partial charge in [0.15, 0.2) is 0 Å². The maximum atomic E-state index is 4.33. The summed E-state index contributed by atoms with van der Waals surface area (Å²) in [6, 6.07) is 6.02. The predicted molar refractivity (Wildman–Crippen MR) is 66.3 cm³/mol. The van der Waals surface area contributed by atoms with Gasteiger partial charge in [0.25, 0.3) is 0 Å². The number of nitrogens with one attached hydrogen (secondary N) is 1. The summed E-state index contributed by atoms with van der Waals surface area (Å²) < 4.78 is 0. The third-order valence-corrected chi connectivity index (χ3v) is 2.42. The lowest BCUT2D eigenvalue weighted by molar-refractivity contribution is 0.663. The first kappa shape index (κ1) is 11.7. The second-order valence-corrected chi connectivity index (χ2v) is 4.03. The number of pyridine rings is 1. The van der Waals surface area contributed by atoms with E-state index >= 15 is 0 Å². The van der Waals surface area contributed by atoms with E-state index in [-0.39, 0.29) is 0 Å². The zero-order valence-corrected chi connectivity index (χ0v) is 10.1. The van der Waals surface area contributed by atoms with Crippen LogP contribution in [0.4, 0.5) is 0 Å². The van der Waals surface area contributed by atoms with E-state index in [2.05, 4.69) is 26.3 Å². The van der Waals surface area contributed by atoms with Gasteiger partial charge in [-0.05, 0) is 31.5 Å². The van der Waals surface area contributed by atoms with E-state index in [1.54, 1.807) is 6.20 Å². The largest absolute Gasteiger partial charge is 0.306 e. The molecule has 2 aromatic rings. The van der Waals surface area contributed by atoms with Crippen LogP contribution in [0.1, 0.15) is 22.8 Å². The highest BCUT2D eigenvalue weighted by Gasteiger charge is 1.97. The van der Waals surface area contributed by atoms with Crippen LogP contribution in [-0.4, -0.2) is 15.0 Å². The molecule has 0 aliphatic heterocycles. The molecule has 0 saturated carbocycles. The molecule has 4 heteroatoms. The number of nitrogens with zero attached hydrogens (tertiary/aromatic N) is 3. The van der Waals surface area contributed by atoms with Crippen molar-refractivity contribution in [3.8, 4) is 0 Å². The topological polar surface area (TPSA) is 50.7 Å². The van der Waals surface area contributed by atoms with Gasteiger partial charge in [0, 0.05) is 25.5 Å². The summed E-state index contributed by atoms with van der Waals surface area (Å²) in [6.07, 6.45) is 3.66. The Balaban J connectivity index is 1.85. The number of aryl methyl sites for hydroxylation is 2. The minimum Gasteiger partial charge on any atom is -0.306 e. The normalized spacial score (nSPS) is 10.5. The molecule has 0 aliphatic rings. The van der Waals surface area contributed by atoms with Crippen molar-refractivity contribution >= 4 is 0 Å². The fraction of sp³-hybridized carbons (Fsp3) is 0.308. The molecule has 0 aliphatic carbocycles. The molecule has 0 atom stereocenters.